The molecule has 1 aromatic rings. The number of hydrogen-bond donors (Lipinski definition) is 2. The minimum absolute atomic E-state index is 0.117. The van der Waals surface area contributed by atoms with E-state index in [9.17, 15) is 4.79 Å². The van der Waals surface area contributed by atoms with E-state index in [1.807, 2.05) is 0 Å². The van der Waals surface area contributed by atoms with Crippen molar-refractivity contribution in [1.82, 2.24) is 15.1 Å². The van der Waals surface area contributed by atoms with Gasteiger partial charge in [0.25, 0.3) is 0 Å². The van der Waals surface area contributed by atoms with Crippen molar-refractivity contribution in [3.8, 4) is 0 Å². The zero-order chi connectivity index (χ0) is 10.1. The van der Waals surface area contributed by atoms with Crippen LogP contribution in [0.4, 0.5) is 5.13 Å². The average molecular weight is 230 g/mol. The average Bonchev–Trinajstić information content (AvgIpc) is 2.67. The van der Waals surface area contributed by atoms with Gasteiger partial charge in [-0.15, -0.1) is 5.10 Å². The molecule has 76 valence electrons. The molecule has 1 aliphatic rings. The molecule has 1 atom stereocenters. The number of H-pyrrole nitrogens is 1. The number of amides is 1. The molecule has 0 aromatic carbocycles. The lowest BCUT2D eigenvalue weighted by Gasteiger charge is -2.10. The normalized spacial score (nSPS) is 21.6. The van der Waals surface area contributed by atoms with Crippen LogP contribution in [0, 0.1) is 3.95 Å². The molecule has 1 fully saturated rings. The molecule has 0 spiro atoms. The van der Waals surface area contributed by atoms with Crippen molar-refractivity contribution in [1.29, 1.82) is 0 Å². The Hall–Kier alpha value is -0.950. The van der Waals surface area contributed by atoms with E-state index in [0.29, 0.717) is 9.09 Å². The van der Waals surface area contributed by atoms with Crippen molar-refractivity contribution in [2.45, 2.75) is 12.5 Å². The summed E-state index contributed by atoms with van der Waals surface area (Å²) in [6.45, 7) is 0.798. The number of likely N-dealkylation sites (N-methyl/N-ethyl adjacent to an activating group) is 1. The fourth-order valence-corrected chi connectivity index (χ4v) is 2.24. The number of anilines is 1. The van der Waals surface area contributed by atoms with Crippen LogP contribution in [0.15, 0.2) is 0 Å². The molecule has 5 nitrogen and oxygen atoms in total. The van der Waals surface area contributed by atoms with E-state index in [1.54, 1.807) is 11.9 Å². The monoisotopic (exact) mass is 230 g/mol. The molecule has 1 saturated heterocycles. The van der Waals surface area contributed by atoms with E-state index < -0.39 is 0 Å². The lowest BCUT2D eigenvalue weighted by molar-refractivity contribution is -0.127. The van der Waals surface area contributed by atoms with Gasteiger partial charge in [0.1, 0.15) is 6.04 Å². The van der Waals surface area contributed by atoms with Crippen molar-refractivity contribution >= 4 is 34.6 Å². The van der Waals surface area contributed by atoms with Crippen LogP contribution < -0.4 is 5.32 Å². The molecule has 0 bridgehead atoms. The Bertz CT molecular complexity index is 398. The number of nitrogens with one attached hydrogen (secondary N) is 2. The van der Waals surface area contributed by atoms with Gasteiger partial charge in [0.05, 0.1) is 0 Å². The Labute approximate surface area is 90.1 Å². The molecular weight excluding hydrogens is 220 g/mol. The first-order valence-corrected chi connectivity index (χ1v) is 5.46. The maximum atomic E-state index is 11.5. The number of hydrogen-bond acceptors (Lipinski definition) is 5. The Morgan fingerprint density at radius 3 is 3.07 bits per heavy atom. The van der Waals surface area contributed by atoms with Crippen molar-refractivity contribution < 1.29 is 4.79 Å². The Morgan fingerprint density at radius 2 is 2.57 bits per heavy atom. The minimum Gasteiger partial charge on any atom is -0.348 e. The molecule has 2 heterocycles. The predicted octanol–water partition coefficient (Wildman–Crippen LogP) is 0.843. The molecule has 2 rings (SSSR count). The summed E-state index contributed by atoms with van der Waals surface area (Å²) in [5.74, 6) is 0.117. The molecule has 0 saturated carbocycles. The largest absolute Gasteiger partial charge is 0.348 e. The van der Waals surface area contributed by atoms with Gasteiger partial charge in [-0.3, -0.25) is 9.89 Å². The highest BCUT2D eigenvalue weighted by atomic mass is 32.1. The van der Waals surface area contributed by atoms with Gasteiger partial charge < -0.3 is 10.2 Å². The predicted molar refractivity (Wildman–Crippen MR) is 57.0 cm³/mol. The summed E-state index contributed by atoms with van der Waals surface area (Å²) in [5.41, 5.74) is 0. The maximum Gasteiger partial charge on any atom is 0.244 e. The molecule has 1 aromatic heterocycles. The van der Waals surface area contributed by atoms with E-state index in [-0.39, 0.29) is 11.9 Å². The number of carbonyl (C=O) groups excluding carboxylic acids is 1. The van der Waals surface area contributed by atoms with Gasteiger partial charge in [-0.1, -0.05) is 11.3 Å². The minimum atomic E-state index is -0.144. The van der Waals surface area contributed by atoms with Gasteiger partial charge in [-0.2, -0.15) is 0 Å². The van der Waals surface area contributed by atoms with Crippen molar-refractivity contribution in [2.75, 3.05) is 18.9 Å². The third kappa shape index (κ3) is 1.78. The molecule has 0 radical (unpaired) electrons. The summed E-state index contributed by atoms with van der Waals surface area (Å²) in [6, 6.07) is -0.144. The molecule has 1 amide bonds. The van der Waals surface area contributed by atoms with Crippen molar-refractivity contribution in [3.63, 3.8) is 0 Å². The van der Waals surface area contributed by atoms with Gasteiger partial charge in [0.2, 0.25) is 11.0 Å². The van der Waals surface area contributed by atoms with Crippen molar-refractivity contribution in [3.05, 3.63) is 3.95 Å². The number of aromatic nitrogens is 2. The first-order valence-electron chi connectivity index (χ1n) is 4.24. The third-order valence-electron chi connectivity index (χ3n) is 2.16. The van der Waals surface area contributed by atoms with Gasteiger partial charge in [-0.05, 0) is 18.6 Å². The number of aromatic amines is 1. The fourth-order valence-electron chi connectivity index (χ4n) is 1.40. The second-order valence-corrected chi connectivity index (χ2v) is 4.83. The second-order valence-electron chi connectivity index (χ2n) is 3.16. The second kappa shape index (κ2) is 3.66. The molecular formula is C7H10N4OS2. The van der Waals surface area contributed by atoms with Gasteiger partial charge in [0, 0.05) is 13.6 Å². The van der Waals surface area contributed by atoms with Crippen LogP contribution >= 0.6 is 23.6 Å². The number of likely N-dealkylation sites (tertiary alicyclic amines) is 1. The van der Waals surface area contributed by atoms with E-state index in [0.717, 1.165) is 13.0 Å². The topological polar surface area (TPSA) is 61.0 Å². The van der Waals surface area contributed by atoms with Crippen molar-refractivity contribution in [2.24, 2.45) is 0 Å². The summed E-state index contributed by atoms with van der Waals surface area (Å²) in [4.78, 5) is 13.2. The summed E-state index contributed by atoms with van der Waals surface area (Å²) in [5, 5.41) is 10.4. The first kappa shape index (κ1) is 9.60. The van der Waals surface area contributed by atoms with E-state index in [4.69, 9.17) is 12.2 Å². The molecule has 7 heteroatoms. The number of nitrogens with zero attached hydrogens (tertiary/aromatic N) is 2. The SMILES string of the molecule is CN1CCC(Nc2n[nH]c(=S)s2)C1=O. The third-order valence-corrected chi connectivity index (χ3v) is 3.18. The van der Waals surface area contributed by atoms with E-state index in [2.05, 4.69) is 15.5 Å². The highest BCUT2D eigenvalue weighted by Crippen LogP contribution is 2.17. The highest BCUT2D eigenvalue weighted by Gasteiger charge is 2.29. The number of carbonyl (C=O) groups is 1. The number of rotatable bonds is 2. The van der Waals surface area contributed by atoms with Crippen LogP contribution in [0.25, 0.3) is 0 Å². The molecule has 1 aliphatic heterocycles. The standard InChI is InChI=1S/C7H10N4OS2/c1-11-3-2-4(5(11)12)8-6-9-10-7(13)14-6/h4H,2-3H2,1H3,(H,8,9)(H,10,13). The van der Waals surface area contributed by atoms with Gasteiger partial charge >= 0.3 is 0 Å². The summed E-state index contributed by atoms with van der Waals surface area (Å²) < 4.78 is 0.617. The van der Waals surface area contributed by atoms with Gasteiger partial charge in [-0.25, -0.2) is 0 Å². The van der Waals surface area contributed by atoms with Gasteiger partial charge in [0.15, 0.2) is 3.95 Å². The quantitative estimate of drug-likeness (QED) is 0.739. The Balaban J connectivity index is 2.05. The zero-order valence-electron chi connectivity index (χ0n) is 7.61. The maximum absolute atomic E-state index is 11.5. The summed E-state index contributed by atoms with van der Waals surface area (Å²) in [6.07, 6.45) is 0.821. The Morgan fingerprint density at radius 1 is 1.79 bits per heavy atom. The van der Waals surface area contributed by atoms with Crippen LogP contribution in [-0.4, -0.2) is 40.6 Å². The fraction of sp³-hybridized carbons (Fsp3) is 0.571. The van der Waals surface area contributed by atoms with Crippen LogP contribution in [0.5, 0.6) is 0 Å². The first-order chi connectivity index (χ1) is 6.66. The summed E-state index contributed by atoms with van der Waals surface area (Å²) >= 11 is 6.24. The lowest BCUT2D eigenvalue weighted by atomic mass is 10.2. The molecule has 2 N–H and O–H groups in total. The smallest absolute Gasteiger partial charge is 0.244 e. The highest BCUT2D eigenvalue weighted by molar-refractivity contribution is 7.73. The van der Waals surface area contributed by atoms with Crippen LogP contribution in [-0.2, 0) is 4.79 Å². The molecule has 0 aliphatic carbocycles. The molecule has 14 heavy (non-hydrogen) atoms. The summed E-state index contributed by atoms with van der Waals surface area (Å²) in [7, 11) is 1.80. The van der Waals surface area contributed by atoms with E-state index in [1.165, 1.54) is 11.3 Å². The van der Waals surface area contributed by atoms with Crippen LogP contribution in [0.2, 0.25) is 0 Å². The van der Waals surface area contributed by atoms with Crippen LogP contribution in [0.1, 0.15) is 6.42 Å². The van der Waals surface area contributed by atoms with Crippen LogP contribution in [0.3, 0.4) is 0 Å². The van der Waals surface area contributed by atoms with E-state index >= 15 is 0 Å². The zero-order valence-corrected chi connectivity index (χ0v) is 9.24. The Kier molecular flexibility index (Phi) is 2.51. The lowest BCUT2D eigenvalue weighted by Crippen LogP contribution is -2.30. The molecule has 1 unspecified atom stereocenters.